The lowest BCUT2D eigenvalue weighted by atomic mass is 10.1. The van der Waals surface area contributed by atoms with Gasteiger partial charge in [0.1, 0.15) is 4.90 Å². The molecule has 0 aliphatic heterocycles. The van der Waals surface area contributed by atoms with Crippen molar-refractivity contribution in [2.45, 2.75) is 4.90 Å². The van der Waals surface area contributed by atoms with E-state index in [-0.39, 0.29) is 21.2 Å². The van der Waals surface area contributed by atoms with Crippen LogP contribution in [0, 0.1) is 0 Å². The number of fused-ring (bicyclic) bond motifs is 1. The zero-order valence-electron chi connectivity index (χ0n) is 12.7. The van der Waals surface area contributed by atoms with Gasteiger partial charge in [-0.2, -0.15) is 0 Å². The molecule has 25 heavy (non-hydrogen) atoms. The number of ether oxygens (including phenoxy) is 1. The molecule has 9 heteroatoms. The van der Waals surface area contributed by atoms with Crippen LogP contribution in [0.15, 0.2) is 51.8 Å². The maximum atomic E-state index is 12.7. The number of sulfonamides is 1. The molecule has 0 unspecified atom stereocenters. The van der Waals surface area contributed by atoms with Crippen LogP contribution in [0.25, 0.3) is 11.0 Å². The van der Waals surface area contributed by atoms with Gasteiger partial charge in [-0.3, -0.25) is 4.79 Å². The van der Waals surface area contributed by atoms with Crippen molar-refractivity contribution >= 4 is 50.2 Å². The van der Waals surface area contributed by atoms with Crippen LogP contribution in [0.2, 0.25) is 5.02 Å². The monoisotopic (exact) mass is 399 g/mol. The van der Waals surface area contributed by atoms with E-state index in [1.807, 2.05) is 0 Å². The van der Waals surface area contributed by atoms with Gasteiger partial charge < -0.3 is 9.15 Å². The molecule has 1 aromatic heterocycles. The average Bonchev–Trinajstić information content (AvgIpc) is 3.05. The van der Waals surface area contributed by atoms with E-state index in [4.69, 9.17) is 32.5 Å². The van der Waals surface area contributed by atoms with Gasteiger partial charge in [0.05, 0.1) is 12.1 Å². The largest absolute Gasteiger partial charge is 0.493 e. The molecular formula is C16H11Cl2NO5S. The summed E-state index contributed by atoms with van der Waals surface area (Å²) in [5, 5.41) is 0.628. The van der Waals surface area contributed by atoms with Crippen molar-refractivity contribution in [2.75, 3.05) is 7.11 Å². The minimum atomic E-state index is -4.02. The summed E-state index contributed by atoms with van der Waals surface area (Å²) in [5.74, 6) is 0.0345. The summed E-state index contributed by atoms with van der Waals surface area (Å²) in [5.41, 5.74) is 0.519. The molecule has 0 saturated carbocycles. The summed E-state index contributed by atoms with van der Waals surface area (Å²) in [6, 6.07) is 10.7. The zero-order valence-corrected chi connectivity index (χ0v) is 15.1. The molecule has 1 heterocycles. The minimum absolute atomic E-state index is 0.0454. The third-order valence-electron chi connectivity index (χ3n) is 3.54. The summed E-state index contributed by atoms with van der Waals surface area (Å²) in [7, 11) is -2.53. The fourth-order valence-electron chi connectivity index (χ4n) is 2.34. The molecule has 2 aromatic carbocycles. The van der Waals surface area contributed by atoms with Gasteiger partial charge in [-0.1, -0.05) is 23.7 Å². The number of benzene rings is 2. The number of halogens is 2. The van der Waals surface area contributed by atoms with Gasteiger partial charge in [-0.25, -0.2) is 8.42 Å². The molecule has 0 bridgehead atoms. The Kier molecular flexibility index (Phi) is 4.75. The van der Waals surface area contributed by atoms with Gasteiger partial charge >= 0.3 is 0 Å². The van der Waals surface area contributed by atoms with Crippen LogP contribution in [-0.2, 0) is 10.0 Å². The Hall–Kier alpha value is -2.06. The number of carbonyl (C=O) groups is 1. The molecule has 0 atom stereocenters. The van der Waals surface area contributed by atoms with Gasteiger partial charge in [0.25, 0.3) is 10.0 Å². The normalized spacial score (nSPS) is 11.6. The summed E-state index contributed by atoms with van der Waals surface area (Å²) < 4.78 is 36.2. The van der Waals surface area contributed by atoms with Gasteiger partial charge in [0.2, 0.25) is 5.78 Å². The topological polar surface area (TPSA) is 85.6 Å². The lowest BCUT2D eigenvalue weighted by Crippen LogP contribution is -2.15. The van der Waals surface area contributed by atoms with Gasteiger partial charge in [0, 0.05) is 10.9 Å². The molecule has 6 nitrogen and oxygen atoms in total. The Balaban J connectivity index is 2.09. The van der Waals surface area contributed by atoms with E-state index in [1.165, 1.54) is 19.2 Å². The van der Waals surface area contributed by atoms with Crippen LogP contribution < -0.4 is 8.98 Å². The van der Waals surface area contributed by atoms with E-state index in [2.05, 4.69) is 0 Å². The summed E-state index contributed by atoms with van der Waals surface area (Å²) in [6.45, 7) is 0. The smallest absolute Gasteiger partial charge is 0.255 e. The first kappa shape index (κ1) is 17.8. The lowest BCUT2D eigenvalue weighted by Gasteiger charge is -2.06. The molecule has 0 spiro atoms. The quantitative estimate of drug-likeness (QED) is 0.521. The third kappa shape index (κ3) is 3.23. The van der Waals surface area contributed by atoms with Crippen molar-refractivity contribution in [2.24, 2.45) is 0 Å². The maximum Gasteiger partial charge on any atom is 0.255 e. The van der Waals surface area contributed by atoms with Crippen LogP contribution >= 0.6 is 23.4 Å². The number of hydrogen-bond acceptors (Lipinski definition) is 5. The van der Waals surface area contributed by atoms with Crippen molar-refractivity contribution in [1.82, 2.24) is 4.24 Å². The van der Waals surface area contributed by atoms with Crippen LogP contribution in [0.5, 0.6) is 5.75 Å². The highest BCUT2D eigenvalue weighted by Gasteiger charge is 2.22. The molecule has 3 aromatic rings. The Morgan fingerprint density at radius 2 is 1.96 bits per heavy atom. The first-order valence-electron chi connectivity index (χ1n) is 6.90. The molecule has 0 saturated heterocycles. The number of nitrogens with one attached hydrogen (secondary N) is 1. The fraction of sp³-hybridized carbons (Fsp3) is 0.0625. The van der Waals surface area contributed by atoms with E-state index < -0.39 is 15.8 Å². The third-order valence-corrected chi connectivity index (χ3v) is 5.71. The number of methoxy groups -OCH3 is 1. The molecule has 0 amide bonds. The van der Waals surface area contributed by atoms with Crippen LogP contribution in [0.1, 0.15) is 16.1 Å². The van der Waals surface area contributed by atoms with E-state index in [0.717, 1.165) is 6.07 Å². The molecule has 0 aliphatic carbocycles. The standard InChI is InChI=1S/C16H11Cl2NO5S/c1-23-12-4-2-3-10-7-13(24-16(10)12)15(20)9-5-6-11(17)14(8-9)25(21,22)19-18/h2-8,19H,1H3. The first-order valence-corrected chi connectivity index (χ1v) is 9.14. The number of furan rings is 1. The molecule has 130 valence electrons. The average molecular weight is 400 g/mol. The summed E-state index contributed by atoms with van der Waals surface area (Å²) in [6.07, 6.45) is 0. The van der Waals surface area contributed by atoms with E-state index in [9.17, 15) is 13.2 Å². The maximum absolute atomic E-state index is 12.7. The summed E-state index contributed by atoms with van der Waals surface area (Å²) >= 11 is 11.1. The summed E-state index contributed by atoms with van der Waals surface area (Å²) in [4.78, 5) is 12.4. The van der Waals surface area contributed by atoms with E-state index >= 15 is 0 Å². The predicted molar refractivity (Wildman–Crippen MR) is 93.8 cm³/mol. The number of ketones is 1. The Morgan fingerprint density at radius 1 is 1.20 bits per heavy atom. The van der Waals surface area contributed by atoms with Crippen molar-refractivity contribution in [3.8, 4) is 5.75 Å². The fourth-order valence-corrected chi connectivity index (χ4v) is 3.70. The SMILES string of the molecule is COc1cccc2cc(C(=O)c3ccc(Cl)c(S(=O)(=O)NCl)c3)oc12. The van der Waals surface area contributed by atoms with Crippen molar-refractivity contribution < 1.29 is 22.4 Å². The second-order valence-electron chi connectivity index (χ2n) is 5.04. The van der Waals surface area contributed by atoms with Crippen molar-refractivity contribution in [1.29, 1.82) is 0 Å². The minimum Gasteiger partial charge on any atom is -0.493 e. The first-order chi connectivity index (χ1) is 11.9. The van der Waals surface area contributed by atoms with Gasteiger partial charge in [0.15, 0.2) is 17.1 Å². The highest BCUT2D eigenvalue weighted by Crippen LogP contribution is 2.30. The van der Waals surface area contributed by atoms with Crippen LogP contribution in [-0.4, -0.2) is 21.3 Å². The molecular weight excluding hydrogens is 389 g/mol. The Morgan fingerprint density at radius 3 is 2.64 bits per heavy atom. The van der Waals surface area contributed by atoms with Crippen molar-refractivity contribution in [3.05, 3.63) is 58.8 Å². The Labute approximate surface area is 153 Å². The molecule has 1 N–H and O–H groups in total. The number of para-hydroxylation sites is 1. The second-order valence-corrected chi connectivity index (χ2v) is 7.52. The van der Waals surface area contributed by atoms with Gasteiger partial charge in [-0.15, -0.1) is 4.24 Å². The van der Waals surface area contributed by atoms with Crippen LogP contribution in [0.3, 0.4) is 0 Å². The lowest BCUT2D eigenvalue weighted by molar-refractivity contribution is 0.101. The van der Waals surface area contributed by atoms with Gasteiger partial charge in [-0.05, 0) is 42.1 Å². The van der Waals surface area contributed by atoms with E-state index in [1.54, 1.807) is 28.5 Å². The zero-order chi connectivity index (χ0) is 18.2. The molecule has 0 aliphatic rings. The number of hydrogen-bond donors (Lipinski definition) is 1. The van der Waals surface area contributed by atoms with Crippen molar-refractivity contribution in [3.63, 3.8) is 0 Å². The molecule has 3 rings (SSSR count). The highest BCUT2D eigenvalue weighted by molar-refractivity contribution is 7.90. The van der Waals surface area contributed by atoms with Crippen LogP contribution in [0.4, 0.5) is 0 Å². The Bertz CT molecular complexity index is 1080. The molecule has 0 fully saturated rings. The highest BCUT2D eigenvalue weighted by atomic mass is 35.5. The second kappa shape index (κ2) is 6.68. The molecule has 0 radical (unpaired) electrons. The number of rotatable bonds is 5. The van der Waals surface area contributed by atoms with E-state index in [0.29, 0.717) is 16.7 Å². The number of carbonyl (C=O) groups excluding carboxylic acids is 1. The predicted octanol–water partition coefficient (Wildman–Crippen LogP) is 3.76.